The first-order valence-corrected chi connectivity index (χ1v) is 7.33. The molecule has 0 fully saturated rings. The molecule has 2 heterocycles. The lowest BCUT2D eigenvalue weighted by atomic mass is 10.2. The van der Waals surface area contributed by atoms with Gasteiger partial charge >= 0.3 is 0 Å². The van der Waals surface area contributed by atoms with Crippen LogP contribution >= 0.6 is 22.7 Å². The molecule has 2 rings (SSSR count). The Morgan fingerprint density at radius 2 is 2.37 bits per heavy atom. The fraction of sp³-hybridized carbons (Fsp3) is 0.231. The van der Waals surface area contributed by atoms with Crippen LogP contribution in [0.25, 0.3) is 0 Å². The lowest BCUT2D eigenvalue weighted by Crippen LogP contribution is -2.23. The van der Waals surface area contributed by atoms with Crippen molar-refractivity contribution in [2.45, 2.75) is 13.5 Å². The molecule has 0 bridgehead atoms. The third kappa shape index (κ3) is 3.64. The Morgan fingerprint density at radius 1 is 1.53 bits per heavy atom. The van der Waals surface area contributed by atoms with Crippen molar-refractivity contribution in [1.29, 1.82) is 0 Å². The van der Waals surface area contributed by atoms with E-state index in [1.165, 1.54) is 22.7 Å². The van der Waals surface area contributed by atoms with Crippen LogP contribution in [0.4, 0.5) is 0 Å². The molecule has 0 unspecified atom stereocenters. The Hall–Kier alpha value is -1.68. The number of thiazole rings is 1. The SMILES string of the molecule is Cc1nc(C(=O)NCc2sccc2C#CCO)cs1. The van der Waals surface area contributed by atoms with E-state index >= 15 is 0 Å². The van der Waals surface area contributed by atoms with Gasteiger partial charge in [-0.05, 0) is 18.4 Å². The average molecular weight is 292 g/mol. The van der Waals surface area contributed by atoms with Gasteiger partial charge in [-0.1, -0.05) is 11.8 Å². The van der Waals surface area contributed by atoms with Gasteiger partial charge in [-0.15, -0.1) is 22.7 Å². The van der Waals surface area contributed by atoms with Crippen LogP contribution in [0.15, 0.2) is 16.8 Å². The van der Waals surface area contributed by atoms with E-state index in [0.29, 0.717) is 12.2 Å². The number of nitrogens with zero attached hydrogens (tertiary/aromatic N) is 1. The molecular weight excluding hydrogens is 280 g/mol. The number of carbonyl (C=O) groups excluding carboxylic acids is 1. The lowest BCUT2D eigenvalue weighted by molar-refractivity contribution is 0.0947. The van der Waals surface area contributed by atoms with Crippen molar-refractivity contribution in [3.05, 3.63) is 38.0 Å². The summed E-state index contributed by atoms with van der Waals surface area (Å²) in [5.74, 6) is 5.28. The second kappa shape index (κ2) is 6.48. The molecule has 0 spiro atoms. The molecule has 6 heteroatoms. The van der Waals surface area contributed by atoms with Crippen molar-refractivity contribution in [2.24, 2.45) is 0 Å². The summed E-state index contributed by atoms with van der Waals surface area (Å²) in [5, 5.41) is 16.0. The van der Waals surface area contributed by atoms with Crippen molar-refractivity contribution >= 4 is 28.6 Å². The highest BCUT2D eigenvalue weighted by Gasteiger charge is 2.10. The van der Waals surface area contributed by atoms with E-state index in [1.54, 1.807) is 5.38 Å². The maximum atomic E-state index is 11.8. The molecule has 0 saturated carbocycles. The van der Waals surface area contributed by atoms with Gasteiger partial charge in [0.15, 0.2) is 0 Å². The first kappa shape index (κ1) is 13.7. The average Bonchev–Trinajstić information content (AvgIpc) is 3.02. The van der Waals surface area contributed by atoms with Gasteiger partial charge in [0, 0.05) is 15.8 Å². The number of nitrogens with one attached hydrogen (secondary N) is 1. The zero-order valence-corrected chi connectivity index (χ0v) is 11.9. The molecule has 0 aromatic carbocycles. The minimum absolute atomic E-state index is 0.167. The predicted octanol–water partition coefficient (Wildman–Crippen LogP) is 1.79. The highest BCUT2D eigenvalue weighted by atomic mass is 32.1. The first-order valence-electron chi connectivity index (χ1n) is 5.57. The Kier molecular flexibility index (Phi) is 4.68. The van der Waals surface area contributed by atoms with E-state index in [4.69, 9.17) is 5.11 Å². The smallest absolute Gasteiger partial charge is 0.271 e. The number of aliphatic hydroxyl groups is 1. The highest BCUT2D eigenvalue weighted by molar-refractivity contribution is 7.10. The molecule has 98 valence electrons. The van der Waals surface area contributed by atoms with Gasteiger partial charge in [0.25, 0.3) is 5.91 Å². The van der Waals surface area contributed by atoms with Gasteiger partial charge in [0.05, 0.1) is 11.6 Å². The summed E-state index contributed by atoms with van der Waals surface area (Å²) in [5.41, 5.74) is 1.29. The predicted molar refractivity (Wildman–Crippen MR) is 76.3 cm³/mol. The Bertz CT molecular complexity index is 634. The highest BCUT2D eigenvalue weighted by Crippen LogP contribution is 2.16. The molecule has 2 aromatic heterocycles. The van der Waals surface area contributed by atoms with E-state index in [2.05, 4.69) is 22.1 Å². The molecule has 0 radical (unpaired) electrons. The fourth-order valence-corrected chi connectivity index (χ4v) is 2.81. The van der Waals surface area contributed by atoms with E-state index < -0.39 is 0 Å². The van der Waals surface area contributed by atoms with Crippen LogP contribution in [0.2, 0.25) is 0 Å². The van der Waals surface area contributed by atoms with Crippen molar-refractivity contribution in [3.63, 3.8) is 0 Å². The maximum absolute atomic E-state index is 11.8. The Labute approximate surface area is 119 Å². The maximum Gasteiger partial charge on any atom is 0.271 e. The van der Waals surface area contributed by atoms with Gasteiger partial charge < -0.3 is 10.4 Å². The number of aromatic nitrogens is 1. The molecule has 2 aromatic rings. The summed E-state index contributed by atoms with van der Waals surface area (Å²) in [7, 11) is 0. The first-order chi connectivity index (χ1) is 9.20. The Morgan fingerprint density at radius 3 is 3.05 bits per heavy atom. The van der Waals surface area contributed by atoms with Crippen molar-refractivity contribution in [2.75, 3.05) is 6.61 Å². The Balaban J connectivity index is 1.99. The monoisotopic (exact) mass is 292 g/mol. The van der Waals surface area contributed by atoms with Crippen LogP contribution in [0.1, 0.15) is 25.9 Å². The van der Waals surface area contributed by atoms with Crippen molar-refractivity contribution in [3.8, 4) is 11.8 Å². The number of thiophene rings is 1. The number of hydrogen-bond donors (Lipinski definition) is 2. The second-order valence-corrected chi connectivity index (χ2v) is 5.71. The summed E-state index contributed by atoms with van der Waals surface area (Å²) in [6.07, 6.45) is 0. The number of hydrogen-bond acceptors (Lipinski definition) is 5. The molecule has 0 aliphatic carbocycles. The minimum atomic E-state index is -0.182. The van der Waals surface area contributed by atoms with Crippen LogP contribution < -0.4 is 5.32 Å². The lowest BCUT2D eigenvalue weighted by Gasteiger charge is -2.01. The zero-order valence-electron chi connectivity index (χ0n) is 10.3. The van der Waals surface area contributed by atoms with E-state index in [1.807, 2.05) is 18.4 Å². The molecular formula is C13H12N2O2S2. The number of aryl methyl sites for hydroxylation is 1. The van der Waals surface area contributed by atoms with Gasteiger partial charge in [0.2, 0.25) is 0 Å². The standard InChI is InChI=1S/C13H12N2O2S2/c1-9-15-11(8-19-9)13(17)14-7-12-10(3-2-5-16)4-6-18-12/h4,6,8,16H,5,7H2,1H3,(H,14,17). The minimum Gasteiger partial charge on any atom is -0.384 e. The third-order valence-corrected chi connectivity index (χ3v) is 4.00. The molecule has 0 aliphatic heterocycles. The quantitative estimate of drug-likeness (QED) is 0.848. The molecule has 0 aliphatic rings. The summed E-state index contributed by atoms with van der Waals surface area (Å²) in [4.78, 5) is 16.9. The van der Waals surface area contributed by atoms with E-state index in [9.17, 15) is 4.79 Å². The molecule has 0 atom stereocenters. The molecule has 0 saturated heterocycles. The van der Waals surface area contributed by atoms with Crippen LogP contribution in [0.5, 0.6) is 0 Å². The third-order valence-electron chi connectivity index (χ3n) is 2.31. The largest absolute Gasteiger partial charge is 0.384 e. The number of amides is 1. The summed E-state index contributed by atoms with van der Waals surface area (Å²) < 4.78 is 0. The van der Waals surface area contributed by atoms with Crippen molar-refractivity contribution < 1.29 is 9.90 Å². The zero-order chi connectivity index (χ0) is 13.7. The molecule has 19 heavy (non-hydrogen) atoms. The number of carbonyl (C=O) groups is 1. The summed E-state index contributed by atoms with van der Waals surface area (Å²) in [6, 6.07) is 1.88. The summed E-state index contributed by atoms with van der Waals surface area (Å²) >= 11 is 2.98. The topological polar surface area (TPSA) is 62.2 Å². The van der Waals surface area contributed by atoms with Gasteiger partial charge in [-0.2, -0.15) is 0 Å². The van der Waals surface area contributed by atoms with Gasteiger partial charge in [-0.3, -0.25) is 4.79 Å². The van der Waals surface area contributed by atoms with E-state index in [0.717, 1.165) is 15.4 Å². The summed E-state index contributed by atoms with van der Waals surface area (Å²) in [6.45, 7) is 2.12. The molecule has 4 nitrogen and oxygen atoms in total. The van der Waals surface area contributed by atoms with E-state index in [-0.39, 0.29) is 12.5 Å². The van der Waals surface area contributed by atoms with Crippen LogP contribution in [0.3, 0.4) is 0 Å². The van der Waals surface area contributed by atoms with Gasteiger partial charge in [0.1, 0.15) is 12.3 Å². The molecule has 2 N–H and O–H groups in total. The molecule has 1 amide bonds. The van der Waals surface area contributed by atoms with Crippen LogP contribution in [-0.2, 0) is 6.54 Å². The second-order valence-electron chi connectivity index (χ2n) is 3.65. The number of aliphatic hydroxyl groups excluding tert-OH is 1. The fourth-order valence-electron chi connectivity index (χ4n) is 1.44. The van der Waals surface area contributed by atoms with Crippen molar-refractivity contribution in [1.82, 2.24) is 10.3 Å². The van der Waals surface area contributed by atoms with Gasteiger partial charge in [-0.25, -0.2) is 4.98 Å². The normalized spacial score (nSPS) is 9.79. The van der Waals surface area contributed by atoms with Crippen LogP contribution in [-0.4, -0.2) is 22.6 Å². The number of rotatable bonds is 3. The van der Waals surface area contributed by atoms with Crippen LogP contribution in [0, 0.1) is 18.8 Å².